The van der Waals surface area contributed by atoms with Crippen LogP contribution in [0.25, 0.3) is 0 Å². The van der Waals surface area contributed by atoms with Crippen LogP contribution in [-0.4, -0.2) is 38.8 Å². The van der Waals surface area contributed by atoms with E-state index in [0.29, 0.717) is 32.4 Å². The van der Waals surface area contributed by atoms with Crippen LogP contribution in [0.2, 0.25) is 0 Å². The summed E-state index contributed by atoms with van der Waals surface area (Å²) in [5.41, 5.74) is 0.00413. The molecule has 0 bridgehead atoms. The normalized spacial score (nSPS) is 18.6. The lowest BCUT2D eigenvalue weighted by molar-refractivity contribution is -0.139. The Morgan fingerprint density at radius 2 is 2.10 bits per heavy atom. The van der Waals surface area contributed by atoms with E-state index < -0.39 is 5.54 Å². The monoisotopic (exact) mass is 276 g/mol. The summed E-state index contributed by atoms with van der Waals surface area (Å²) < 4.78 is 0. The summed E-state index contributed by atoms with van der Waals surface area (Å²) in [6.45, 7) is 4.69. The Kier molecular flexibility index (Phi) is 4.32. The largest absolute Gasteiger partial charge is 0.342 e. The lowest BCUT2D eigenvalue weighted by Crippen LogP contribution is -2.56. The molecule has 6 heteroatoms. The third kappa shape index (κ3) is 2.79. The van der Waals surface area contributed by atoms with Crippen molar-refractivity contribution in [3.05, 3.63) is 24.3 Å². The van der Waals surface area contributed by atoms with Crippen LogP contribution in [0.1, 0.15) is 38.8 Å². The molecular weight excluding hydrogens is 256 g/mol. The molecule has 2 amide bonds. The fourth-order valence-corrected chi connectivity index (χ4v) is 2.51. The topological polar surface area (TPSA) is 75.2 Å². The van der Waals surface area contributed by atoms with E-state index in [4.69, 9.17) is 0 Å². The average Bonchev–Trinajstić information content (AvgIpc) is 2.60. The maximum Gasteiger partial charge on any atom is 0.248 e. The maximum absolute atomic E-state index is 12.7. The summed E-state index contributed by atoms with van der Waals surface area (Å²) in [4.78, 5) is 34.3. The van der Waals surface area contributed by atoms with E-state index in [1.165, 1.54) is 6.33 Å². The number of carbonyl (C=O) groups is 2. The van der Waals surface area contributed by atoms with Crippen LogP contribution in [-0.2, 0) is 16.1 Å². The quantitative estimate of drug-likeness (QED) is 0.886. The van der Waals surface area contributed by atoms with Gasteiger partial charge >= 0.3 is 0 Å². The molecule has 0 radical (unpaired) electrons. The van der Waals surface area contributed by atoms with Crippen LogP contribution in [0.15, 0.2) is 18.6 Å². The van der Waals surface area contributed by atoms with Crippen molar-refractivity contribution in [2.75, 3.05) is 6.54 Å². The first-order valence-electron chi connectivity index (χ1n) is 6.96. The molecule has 108 valence electrons. The van der Waals surface area contributed by atoms with E-state index in [0.717, 1.165) is 5.69 Å². The van der Waals surface area contributed by atoms with Crippen molar-refractivity contribution in [1.82, 2.24) is 20.2 Å². The third-order valence-electron chi connectivity index (χ3n) is 3.89. The molecule has 0 atom stereocenters. The smallest absolute Gasteiger partial charge is 0.248 e. The van der Waals surface area contributed by atoms with Gasteiger partial charge in [0.15, 0.2) is 0 Å². The SMILES string of the molecule is CCC1(CC)NC(=O)CCN(Cc2ccncn2)C1=O. The number of rotatable bonds is 4. The van der Waals surface area contributed by atoms with Gasteiger partial charge < -0.3 is 10.2 Å². The number of nitrogens with zero attached hydrogens (tertiary/aromatic N) is 3. The zero-order valence-electron chi connectivity index (χ0n) is 11.9. The summed E-state index contributed by atoms with van der Waals surface area (Å²) in [6, 6.07) is 1.78. The lowest BCUT2D eigenvalue weighted by atomic mass is 9.91. The highest BCUT2D eigenvalue weighted by molar-refractivity contribution is 5.93. The molecule has 1 aliphatic rings. The summed E-state index contributed by atoms with van der Waals surface area (Å²) in [5.74, 6) is -0.0841. The highest BCUT2D eigenvalue weighted by atomic mass is 16.2. The van der Waals surface area contributed by atoms with Crippen molar-refractivity contribution in [2.24, 2.45) is 0 Å². The highest BCUT2D eigenvalue weighted by Crippen LogP contribution is 2.22. The molecule has 0 aromatic carbocycles. The van der Waals surface area contributed by atoms with Gasteiger partial charge in [0.1, 0.15) is 11.9 Å². The second-order valence-electron chi connectivity index (χ2n) is 5.01. The first-order chi connectivity index (χ1) is 9.61. The second-order valence-corrected chi connectivity index (χ2v) is 5.01. The molecule has 1 N–H and O–H groups in total. The summed E-state index contributed by atoms with van der Waals surface area (Å²) in [7, 11) is 0. The van der Waals surface area contributed by atoms with Gasteiger partial charge in [-0.25, -0.2) is 9.97 Å². The van der Waals surface area contributed by atoms with Gasteiger partial charge in [-0.1, -0.05) is 13.8 Å². The number of amides is 2. The van der Waals surface area contributed by atoms with E-state index >= 15 is 0 Å². The lowest BCUT2D eigenvalue weighted by Gasteiger charge is -2.33. The summed E-state index contributed by atoms with van der Waals surface area (Å²) in [5, 5.41) is 2.89. The minimum absolute atomic E-state index is 0.0213. The van der Waals surface area contributed by atoms with Gasteiger partial charge in [-0.2, -0.15) is 0 Å². The number of hydrogen-bond donors (Lipinski definition) is 1. The van der Waals surface area contributed by atoms with E-state index in [2.05, 4.69) is 15.3 Å². The molecule has 20 heavy (non-hydrogen) atoms. The number of nitrogens with one attached hydrogen (secondary N) is 1. The average molecular weight is 276 g/mol. The molecule has 1 aromatic rings. The molecule has 0 spiro atoms. The Morgan fingerprint density at radius 3 is 2.70 bits per heavy atom. The molecular formula is C14H20N4O2. The summed E-state index contributed by atoms with van der Waals surface area (Å²) >= 11 is 0. The number of aromatic nitrogens is 2. The predicted octanol–water partition coefficient (Wildman–Crippen LogP) is 0.884. The Balaban J connectivity index is 2.24. The zero-order valence-corrected chi connectivity index (χ0v) is 11.9. The second kappa shape index (κ2) is 5.98. The van der Waals surface area contributed by atoms with Crippen molar-refractivity contribution in [2.45, 2.75) is 45.2 Å². The fourth-order valence-electron chi connectivity index (χ4n) is 2.51. The molecule has 1 fully saturated rings. The zero-order chi connectivity index (χ0) is 14.6. The highest BCUT2D eigenvalue weighted by Gasteiger charge is 2.41. The molecule has 6 nitrogen and oxygen atoms in total. The molecule has 0 unspecified atom stereocenters. The van der Waals surface area contributed by atoms with E-state index in [-0.39, 0.29) is 11.8 Å². The van der Waals surface area contributed by atoms with E-state index in [1.54, 1.807) is 17.2 Å². The minimum atomic E-state index is -0.777. The molecule has 2 rings (SSSR count). The Morgan fingerprint density at radius 1 is 1.35 bits per heavy atom. The maximum atomic E-state index is 12.7. The number of carbonyl (C=O) groups excluding carboxylic acids is 2. The van der Waals surface area contributed by atoms with E-state index in [1.807, 2.05) is 13.8 Å². The van der Waals surface area contributed by atoms with Gasteiger partial charge in [-0.05, 0) is 18.9 Å². The van der Waals surface area contributed by atoms with Gasteiger partial charge in [-0.3, -0.25) is 9.59 Å². The van der Waals surface area contributed by atoms with Crippen molar-refractivity contribution in [1.29, 1.82) is 0 Å². The van der Waals surface area contributed by atoms with Gasteiger partial charge in [0.25, 0.3) is 0 Å². The Hall–Kier alpha value is -1.98. The molecule has 0 aliphatic carbocycles. The third-order valence-corrected chi connectivity index (χ3v) is 3.89. The van der Waals surface area contributed by atoms with Crippen molar-refractivity contribution >= 4 is 11.8 Å². The summed E-state index contributed by atoms with van der Waals surface area (Å²) in [6.07, 6.45) is 4.64. The predicted molar refractivity (Wildman–Crippen MR) is 73.5 cm³/mol. The molecule has 1 aromatic heterocycles. The minimum Gasteiger partial charge on any atom is -0.342 e. The van der Waals surface area contributed by atoms with Crippen LogP contribution in [0.3, 0.4) is 0 Å². The Labute approximate surface area is 118 Å². The van der Waals surface area contributed by atoms with Crippen molar-refractivity contribution in [3.63, 3.8) is 0 Å². The van der Waals surface area contributed by atoms with Crippen molar-refractivity contribution < 1.29 is 9.59 Å². The van der Waals surface area contributed by atoms with Gasteiger partial charge in [0, 0.05) is 19.2 Å². The van der Waals surface area contributed by atoms with Crippen LogP contribution in [0.5, 0.6) is 0 Å². The molecule has 0 saturated carbocycles. The van der Waals surface area contributed by atoms with E-state index in [9.17, 15) is 9.59 Å². The number of hydrogen-bond acceptors (Lipinski definition) is 4. The van der Waals surface area contributed by atoms with Crippen LogP contribution >= 0.6 is 0 Å². The van der Waals surface area contributed by atoms with Gasteiger partial charge in [0.05, 0.1) is 12.2 Å². The fraction of sp³-hybridized carbons (Fsp3) is 0.571. The molecule has 1 saturated heterocycles. The van der Waals surface area contributed by atoms with Gasteiger partial charge in [-0.15, -0.1) is 0 Å². The molecule has 2 heterocycles. The Bertz CT molecular complexity index is 485. The van der Waals surface area contributed by atoms with Crippen molar-refractivity contribution in [3.8, 4) is 0 Å². The first-order valence-corrected chi connectivity index (χ1v) is 6.96. The van der Waals surface area contributed by atoms with Crippen LogP contribution in [0, 0.1) is 0 Å². The standard InChI is InChI=1S/C14H20N4O2/c1-3-14(4-2)13(20)18(8-6-12(19)17-14)9-11-5-7-15-10-16-11/h5,7,10H,3-4,6,8-9H2,1-2H3,(H,17,19). The van der Waals surface area contributed by atoms with Crippen LogP contribution < -0.4 is 5.32 Å². The van der Waals surface area contributed by atoms with Crippen LogP contribution in [0.4, 0.5) is 0 Å². The molecule has 1 aliphatic heterocycles. The first kappa shape index (κ1) is 14.4. The van der Waals surface area contributed by atoms with Gasteiger partial charge in [0.2, 0.25) is 11.8 Å².